The van der Waals surface area contributed by atoms with Crippen LogP contribution in [-0.2, 0) is 14.3 Å². The topological polar surface area (TPSA) is 63.6 Å². The Morgan fingerprint density at radius 3 is 2.31 bits per heavy atom. The Bertz CT molecular complexity index is 268. The highest BCUT2D eigenvalue weighted by Gasteiger charge is 2.36. The number of ether oxygens (including phenoxy) is 1. The second-order valence-corrected chi connectivity index (χ2v) is 3.86. The summed E-state index contributed by atoms with van der Waals surface area (Å²) in [6.07, 6.45) is -0.424. The van der Waals surface area contributed by atoms with Crippen molar-refractivity contribution in [1.82, 2.24) is 0 Å². The van der Waals surface area contributed by atoms with Gasteiger partial charge in [0, 0.05) is 0 Å². The van der Waals surface area contributed by atoms with Crippen LogP contribution in [0.2, 0.25) is 0 Å². The molecular formula is C10H14F2O4. The van der Waals surface area contributed by atoms with Gasteiger partial charge in [0.15, 0.2) is 6.61 Å². The second-order valence-electron chi connectivity index (χ2n) is 3.86. The highest BCUT2D eigenvalue weighted by molar-refractivity contribution is 5.81. The van der Waals surface area contributed by atoms with Crippen molar-refractivity contribution < 1.29 is 28.2 Å². The van der Waals surface area contributed by atoms with Gasteiger partial charge in [0.1, 0.15) is 0 Å². The van der Waals surface area contributed by atoms with E-state index < -0.39 is 36.8 Å². The van der Waals surface area contributed by atoms with Crippen LogP contribution in [0.5, 0.6) is 0 Å². The molecule has 0 bridgehead atoms. The van der Waals surface area contributed by atoms with E-state index in [9.17, 15) is 18.4 Å². The molecule has 0 aliphatic heterocycles. The van der Waals surface area contributed by atoms with Crippen LogP contribution in [0.25, 0.3) is 0 Å². The van der Waals surface area contributed by atoms with Gasteiger partial charge in [-0.2, -0.15) is 0 Å². The van der Waals surface area contributed by atoms with Crippen molar-refractivity contribution >= 4 is 11.9 Å². The monoisotopic (exact) mass is 236 g/mol. The number of halogens is 2. The maximum atomic E-state index is 11.8. The van der Waals surface area contributed by atoms with Crippen molar-refractivity contribution in [3.63, 3.8) is 0 Å². The van der Waals surface area contributed by atoms with Gasteiger partial charge in [0.05, 0.1) is 11.8 Å². The molecule has 0 aromatic carbocycles. The van der Waals surface area contributed by atoms with Crippen LogP contribution >= 0.6 is 0 Å². The molecule has 0 radical (unpaired) electrons. The lowest BCUT2D eigenvalue weighted by atomic mass is 9.79. The zero-order valence-corrected chi connectivity index (χ0v) is 8.70. The molecule has 1 saturated carbocycles. The molecule has 0 saturated heterocycles. The molecule has 0 aromatic rings. The van der Waals surface area contributed by atoms with Crippen LogP contribution in [0.15, 0.2) is 0 Å². The minimum Gasteiger partial charge on any atom is -0.481 e. The molecule has 6 heteroatoms. The van der Waals surface area contributed by atoms with Crippen molar-refractivity contribution in [2.45, 2.75) is 32.1 Å². The second kappa shape index (κ2) is 5.77. The molecule has 1 N–H and O–H groups in total. The van der Waals surface area contributed by atoms with Crippen molar-refractivity contribution in [1.29, 1.82) is 0 Å². The first-order valence-corrected chi connectivity index (χ1v) is 5.20. The van der Waals surface area contributed by atoms with Crippen LogP contribution in [0, 0.1) is 11.8 Å². The summed E-state index contributed by atoms with van der Waals surface area (Å²) >= 11 is 0. The van der Waals surface area contributed by atoms with Gasteiger partial charge in [-0.05, 0) is 12.8 Å². The summed E-state index contributed by atoms with van der Waals surface area (Å²) in [5.41, 5.74) is 0. The van der Waals surface area contributed by atoms with Crippen LogP contribution in [-0.4, -0.2) is 30.1 Å². The lowest BCUT2D eigenvalue weighted by Crippen LogP contribution is -2.34. The molecule has 0 aromatic heterocycles. The van der Waals surface area contributed by atoms with Gasteiger partial charge in [0.2, 0.25) is 0 Å². The Hall–Kier alpha value is -1.20. The summed E-state index contributed by atoms with van der Waals surface area (Å²) in [4.78, 5) is 22.2. The van der Waals surface area contributed by atoms with E-state index in [4.69, 9.17) is 5.11 Å². The summed E-state index contributed by atoms with van der Waals surface area (Å²) in [6, 6.07) is 0. The fourth-order valence-corrected chi connectivity index (χ4v) is 1.96. The van der Waals surface area contributed by atoms with E-state index >= 15 is 0 Å². The van der Waals surface area contributed by atoms with Crippen LogP contribution in [0.1, 0.15) is 25.7 Å². The predicted molar refractivity (Wildman–Crippen MR) is 50.0 cm³/mol. The maximum absolute atomic E-state index is 11.8. The zero-order valence-electron chi connectivity index (χ0n) is 8.70. The van der Waals surface area contributed by atoms with Crippen molar-refractivity contribution in [2.24, 2.45) is 11.8 Å². The standard InChI is InChI=1S/C10H14F2O4/c11-8(12)5-16-10(15)7-4-2-1-3-6(7)9(13)14/h6-8H,1-5H2,(H,13,14). The van der Waals surface area contributed by atoms with Crippen molar-refractivity contribution in [2.75, 3.05) is 6.61 Å². The van der Waals surface area contributed by atoms with E-state index in [0.717, 1.165) is 12.8 Å². The molecule has 0 amide bonds. The molecule has 1 fully saturated rings. The molecular weight excluding hydrogens is 222 g/mol. The van der Waals surface area contributed by atoms with E-state index in [1.807, 2.05) is 0 Å². The van der Waals surface area contributed by atoms with E-state index in [1.165, 1.54) is 0 Å². The highest BCUT2D eigenvalue weighted by atomic mass is 19.3. The maximum Gasteiger partial charge on any atom is 0.310 e. The summed E-state index contributed by atoms with van der Waals surface area (Å²) in [5, 5.41) is 8.88. The van der Waals surface area contributed by atoms with Gasteiger partial charge in [-0.1, -0.05) is 12.8 Å². The predicted octanol–water partition coefficient (Wildman–Crippen LogP) is 1.69. The Labute approximate surface area is 91.6 Å². The third kappa shape index (κ3) is 3.43. The van der Waals surface area contributed by atoms with Crippen LogP contribution in [0.4, 0.5) is 8.78 Å². The molecule has 16 heavy (non-hydrogen) atoms. The van der Waals surface area contributed by atoms with Gasteiger partial charge >= 0.3 is 11.9 Å². The van der Waals surface area contributed by atoms with Crippen molar-refractivity contribution in [3.05, 3.63) is 0 Å². The number of esters is 1. The largest absolute Gasteiger partial charge is 0.481 e. The van der Waals surface area contributed by atoms with Gasteiger partial charge in [-0.15, -0.1) is 0 Å². The number of carboxylic acids is 1. The number of carboxylic acid groups (broad SMARTS) is 1. The highest BCUT2D eigenvalue weighted by Crippen LogP contribution is 2.31. The SMILES string of the molecule is O=C(O)C1CCCCC1C(=O)OCC(F)F. The normalized spacial score (nSPS) is 25.4. The summed E-state index contributed by atoms with van der Waals surface area (Å²) < 4.78 is 28.0. The Morgan fingerprint density at radius 2 is 1.81 bits per heavy atom. The third-order valence-corrected chi connectivity index (χ3v) is 2.74. The molecule has 2 atom stereocenters. The van der Waals surface area contributed by atoms with E-state index in [-0.39, 0.29) is 0 Å². The Balaban J connectivity index is 2.54. The van der Waals surface area contributed by atoms with Gasteiger partial charge < -0.3 is 9.84 Å². The number of aliphatic carboxylic acids is 1. The molecule has 0 spiro atoms. The van der Waals surface area contributed by atoms with E-state index in [1.54, 1.807) is 0 Å². The fourth-order valence-electron chi connectivity index (χ4n) is 1.96. The minimum atomic E-state index is -2.71. The molecule has 92 valence electrons. The first-order chi connectivity index (χ1) is 7.52. The summed E-state index contributed by atoms with van der Waals surface area (Å²) in [7, 11) is 0. The lowest BCUT2D eigenvalue weighted by molar-refractivity contribution is -0.162. The Morgan fingerprint density at radius 1 is 1.25 bits per heavy atom. The van der Waals surface area contributed by atoms with Gasteiger partial charge in [-0.3, -0.25) is 9.59 Å². The molecule has 4 nitrogen and oxygen atoms in total. The summed E-state index contributed by atoms with van der Waals surface area (Å²) in [6.45, 7) is -0.957. The summed E-state index contributed by atoms with van der Waals surface area (Å²) in [5.74, 6) is -3.44. The average Bonchev–Trinajstić information content (AvgIpc) is 2.25. The average molecular weight is 236 g/mol. The van der Waals surface area contributed by atoms with E-state index in [2.05, 4.69) is 4.74 Å². The van der Waals surface area contributed by atoms with Gasteiger partial charge in [0.25, 0.3) is 6.43 Å². The quantitative estimate of drug-likeness (QED) is 0.754. The number of hydrogen-bond acceptors (Lipinski definition) is 3. The first kappa shape index (κ1) is 12.9. The van der Waals surface area contributed by atoms with Crippen LogP contribution < -0.4 is 0 Å². The first-order valence-electron chi connectivity index (χ1n) is 5.20. The lowest BCUT2D eigenvalue weighted by Gasteiger charge is -2.26. The number of alkyl halides is 2. The molecule has 1 rings (SSSR count). The molecule has 2 unspecified atom stereocenters. The van der Waals surface area contributed by atoms with Gasteiger partial charge in [-0.25, -0.2) is 8.78 Å². The van der Waals surface area contributed by atoms with Crippen LogP contribution in [0.3, 0.4) is 0 Å². The number of hydrogen-bond donors (Lipinski definition) is 1. The smallest absolute Gasteiger partial charge is 0.310 e. The Kier molecular flexibility index (Phi) is 4.64. The molecule has 0 heterocycles. The number of carbonyl (C=O) groups is 2. The minimum absolute atomic E-state index is 0.402. The molecule has 1 aliphatic rings. The van der Waals surface area contributed by atoms with E-state index in [0.29, 0.717) is 12.8 Å². The van der Waals surface area contributed by atoms with Crippen molar-refractivity contribution in [3.8, 4) is 0 Å². The zero-order chi connectivity index (χ0) is 12.1. The number of carbonyl (C=O) groups excluding carboxylic acids is 1. The fraction of sp³-hybridized carbons (Fsp3) is 0.800. The third-order valence-electron chi connectivity index (χ3n) is 2.74. The number of rotatable bonds is 4. The molecule has 1 aliphatic carbocycles.